The quantitative estimate of drug-likeness (QED) is 0.392. The molecular weight excluding hydrogens is 234 g/mol. The Hall–Kier alpha value is -0.820. The second kappa shape index (κ2) is 5.16. The Kier molecular flexibility index (Phi) is 4.86. The molecule has 0 aliphatic carbocycles. The molecule has 82 valence electrons. The molecular formula is C6H10ClNO5S. The van der Waals surface area contributed by atoms with Gasteiger partial charge in [-0.1, -0.05) is 0 Å². The number of hydrogen-bond acceptors (Lipinski definition) is 5. The zero-order chi connectivity index (χ0) is 11.4. The van der Waals surface area contributed by atoms with Crippen molar-refractivity contribution in [1.29, 1.82) is 0 Å². The number of hydrogen-bond donors (Lipinski definition) is 0. The molecule has 0 saturated carbocycles. The van der Waals surface area contributed by atoms with Gasteiger partial charge in [-0.25, -0.2) is 9.10 Å². The van der Waals surface area contributed by atoms with E-state index in [-0.39, 0.29) is 17.5 Å². The molecule has 0 fully saturated rings. The molecule has 0 spiro atoms. The van der Waals surface area contributed by atoms with Crippen molar-refractivity contribution in [3.8, 4) is 0 Å². The van der Waals surface area contributed by atoms with E-state index in [1.54, 1.807) is 0 Å². The van der Waals surface area contributed by atoms with Crippen LogP contribution in [0.25, 0.3) is 0 Å². The minimum Gasteiger partial charge on any atom is -0.459 e. The van der Waals surface area contributed by atoms with Crippen molar-refractivity contribution in [2.24, 2.45) is 0 Å². The van der Waals surface area contributed by atoms with Crippen LogP contribution in [0, 0.1) is 0 Å². The molecule has 1 amide bonds. The third kappa shape index (κ3) is 3.51. The van der Waals surface area contributed by atoms with Gasteiger partial charge in [-0.3, -0.25) is 4.79 Å². The van der Waals surface area contributed by atoms with Crippen molar-refractivity contribution in [3.05, 3.63) is 0 Å². The maximum atomic E-state index is 11.1. The normalized spacial score (nSPS) is 10.8. The van der Waals surface area contributed by atoms with E-state index in [2.05, 4.69) is 4.74 Å². The molecule has 0 aliphatic rings. The van der Waals surface area contributed by atoms with Crippen molar-refractivity contribution in [2.45, 2.75) is 13.8 Å². The molecule has 0 atom stereocenters. The Morgan fingerprint density at radius 1 is 1.36 bits per heavy atom. The van der Waals surface area contributed by atoms with Crippen LogP contribution in [0.15, 0.2) is 0 Å². The monoisotopic (exact) mass is 243 g/mol. The molecule has 0 aliphatic heterocycles. The first kappa shape index (κ1) is 13.2. The van der Waals surface area contributed by atoms with Gasteiger partial charge in [0.15, 0.2) is 0 Å². The first-order valence-corrected chi connectivity index (χ1v) is 6.04. The van der Waals surface area contributed by atoms with E-state index in [1.807, 2.05) is 0 Å². The van der Waals surface area contributed by atoms with Crippen molar-refractivity contribution < 1.29 is 22.7 Å². The molecule has 0 saturated heterocycles. The SMILES string of the molecule is CCOC(=O)C(=O)N(CC)S(=O)(=O)Cl. The fourth-order valence-electron chi connectivity index (χ4n) is 0.691. The largest absolute Gasteiger partial charge is 0.459 e. The second-order valence-electron chi connectivity index (χ2n) is 2.13. The molecule has 0 radical (unpaired) electrons. The van der Waals surface area contributed by atoms with E-state index in [0.29, 0.717) is 0 Å². The Morgan fingerprint density at radius 3 is 2.14 bits per heavy atom. The molecule has 0 aromatic carbocycles. The van der Waals surface area contributed by atoms with Gasteiger partial charge in [0.2, 0.25) is 0 Å². The lowest BCUT2D eigenvalue weighted by molar-refractivity contribution is -0.157. The summed E-state index contributed by atoms with van der Waals surface area (Å²) in [4.78, 5) is 22.0. The lowest BCUT2D eigenvalue weighted by atomic mass is 10.6. The number of carbonyl (C=O) groups is 2. The summed E-state index contributed by atoms with van der Waals surface area (Å²) in [6.45, 7) is 2.64. The van der Waals surface area contributed by atoms with Crippen LogP contribution in [0.1, 0.15) is 13.8 Å². The number of likely N-dealkylation sites (N-methyl/N-ethyl adjacent to an activating group) is 1. The predicted octanol–water partition coefficient (Wildman–Crippen LogP) is -0.118. The maximum absolute atomic E-state index is 11.1. The van der Waals surface area contributed by atoms with Crippen LogP contribution in [0.3, 0.4) is 0 Å². The predicted molar refractivity (Wildman–Crippen MR) is 48.8 cm³/mol. The van der Waals surface area contributed by atoms with Crippen molar-refractivity contribution >= 4 is 31.8 Å². The standard InChI is InChI=1S/C6H10ClNO5S/c1-3-8(14(7,11)12)5(9)6(10)13-4-2/h3-4H2,1-2H3. The van der Waals surface area contributed by atoms with Crippen molar-refractivity contribution in [1.82, 2.24) is 4.31 Å². The molecule has 0 bridgehead atoms. The van der Waals surface area contributed by atoms with Gasteiger partial charge in [0.05, 0.1) is 6.61 Å². The minimum atomic E-state index is -4.22. The van der Waals surface area contributed by atoms with Gasteiger partial charge in [-0.05, 0) is 13.8 Å². The Balaban J connectivity index is 4.73. The number of nitrogens with zero attached hydrogens (tertiary/aromatic N) is 1. The molecule has 8 heteroatoms. The van der Waals surface area contributed by atoms with Crippen LogP contribution < -0.4 is 0 Å². The average Bonchev–Trinajstić information content (AvgIpc) is 2.03. The van der Waals surface area contributed by atoms with Crippen LogP contribution >= 0.6 is 10.7 Å². The summed E-state index contributed by atoms with van der Waals surface area (Å²) in [6, 6.07) is 0. The summed E-state index contributed by atoms with van der Waals surface area (Å²) in [6.07, 6.45) is 0. The first-order chi connectivity index (χ1) is 6.34. The average molecular weight is 244 g/mol. The van der Waals surface area contributed by atoms with Crippen molar-refractivity contribution in [2.75, 3.05) is 13.2 Å². The topological polar surface area (TPSA) is 80.8 Å². The highest BCUT2D eigenvalue weighted by Crippen LogP contribution is 2.06. The molecule has 0 unspecified atom stereocenters. The van der Waals surface area contributed by atoms with Gasteiger partial charge >= 0.3 is 21.1 Å². The van der Waals surface area contributed by atoms with Gasteiger partial charge in [-0.2, -0.15) is 8.42 Å². The third-order valence-corrected chi connectivity index (χ3v) is 2.68. The highest BCUT2D eigenvalue weighted by molar-refractivity contribution is 8.12. The molecule has 6 nitrogen and oxygen atoms in total. The summed E-state index contributed by atoms with van der Waals surface area (Å²) in [5.41, 5.74) is 0. The summed E-state index contributed by atoms with van der Waals surface area (Å²) in [7, 11) is 0.686. The van der Waals surface area contributed by atoms with E-state index in [4.69, 9.17) is 10.7 Å². The van der Waals surface area contributed by atoms with Crippen LogP contribution in [0.2, 0.25) is 0 Å². The number of rotatable bonds is 3. The molecule has 0 aromatic heterocycles. The van der Waals surface area contributed by atoms with Crippen LogP contribution in [-0.2, 0) is 23.6 Å². The molecule has 0 rings (SSSR count). The Labute approximate surface area is 86.3 Å². The van der Waals surface area contributed by atoms with Crippen LogP contribution in [0.4, 0.5) is 0 Å². The Morgan fingerprint density at radius 2 is 1.86 bits per heavy atom. The zero-order valence-electron chi connectivity index (χ0n) is 7.69. The van der Waals surface area contributed by atoms with Crippen molar-refractivity contribution in [3.63, 3.8) is 0 Å². The number of amides is 1. The zero-order valence-corrected chi connectivity index (χ0v) is 9.26. The fraction of sp³-hybridized carbons (Fsp3) is 0.667. The van der Waals surface area contributed by atoms with E-state index in [1.165, 1.54) is 13.8 Å². The highest BCUT2D eigenvalue weighted by Gasteiger charge is 2.30. The number of carbonyl (C=O) groups excluding carboxylic acids is 2. The van der Waals surface area contributed by atoms with E-state index in [9.17, 15) is 18.0 Å². The third-order valence-electron chi connectivity index (χ3n) is 1.23. The molecule has 0 aromatic rings. The van der Waals surface area contributed by atoms with Gasteiger partial charge < -0.3 is 4.74 Å². The summed E-state index contributed by atoms with van der Waals surface area (Å²) < 4.78 is 26.1. The lowest BCUT2D eigenvalue weighted by Crippen LogP contribution is -2.39. The van der Waals surface area contributed by atoms with Gasteiger partial charge in [0.1, 0.15) is 0 Å². The molecule has 14 heavy (non-hydrogen) atoms. The fourth-order valence-corrected chi connectivity index (χ4v) is 1.75. The van der Waals surface area contributed by atoms with Gasteiger partial charge in [0, 0.05) is 17.2 Å². The summed E-state index contributed by atoms with van der Waals surface area (Å²) in [5, 5.41) is 0. The van der Waals surface area contributed by atoms with E-state index in [0.717, 1.165) is 0 Å². The van der Waals surface area contributed by atoms with Crippen LogP contribution in [0.5, 0.6) is 0 Å². The minimum absolute atomic E-state index is 0.00946. The Bertz CT molecular complexity index is 325. The number of ether oxygens (including phenoxy) is 1. The maximum Gasteiger partial charge on any atom is 0.398 e. The second-order valence-corrected chi connectivity index (χ2v) is 4.57. The molecule has 0 heterocycles. The van der Waals surface area contributed by atoms with E-state index < -0.39 is 21.1 Å². The van der Waals surface area contributed by atoms with Gasteiger partial charge in [-0.15, -0.1) is 0 Å². The lowest BCUT2D eigenvalue weighted by Gasteiger charge is -2.14. The summed E-state index contributed by atoms with van der Waals surface area (Å²) >= 11 is 0. The number of esters is 1. The smallest absolute Gasteiger partial charge is 0.398 e. The summed E-state index contributed by atoms with van der Waals surface area (Å²) in [5.74, 6) is -2.53. The van der Waals surface area contributed by atoms with Crippen LogP contribution in [-0.4, -0.2) is 37.8 Å². The first-order valence-electron chi connectivity index (χ1n) is 3.78. The number of halogens is 1. The molecule has 0 N–H and O–H groups in total. The van der Waals surface area contributed by atoms with Gasteiger partial charge in [0.25, 0.3) is 0 Å². The highest BCUT2D eigenvalue weighted by atomic mass is 35.7. The van der Waals surface area contributed by atoms with E-state index >= 15 is 0 Å².